The molecule has 104 valence electrons. The smallest absolute Gasteiger partial charge is 0.135 e. The lowest BCUT2D eigenvalue weighted by Gasteiger charge is -2.59. The number of halogens is 1. The van der Waals surface area contributed by atoms with Gasteiger partial charge in [-0.2, -0.15) is 0 Å². The molecule has 5 rings (SSSR count). The highest BCUT2D eigenvalue weighted by Crippen LogP contribution is 2.64. The van der Waals surface area contributed by atoms with Gasteiger partial charge in [-0.1, -0.05) is 0 Å². The Morgan fingerprint density at radius 2 is 1.79 bits per heavy atom. The van der Waals surface area contributed by atoms with Gasteiger partial charge in [-0.3, -0.25) is 0 Å². The predicted octanol–water partition coefficient (Wildman–Crippen LogP) is 4.52. The summed E-state index contributed by atoms with van der Waals surface area (Å²) in [6.45, 7) is 0. The van der Waals surface area contributed by atoms with E-state index in [1.807, 2.05) is 12.3 Å². The molecule has 0 aromatic carbocycles. The van der Waals surface area contributed by atoms with Crippen LogP contribution in [0.1, 0.15) is 50.3 Å². The molecule has 2 nitrogen and oxygen atoms in total. The molecule has 0 amide bonds. The highest BCUT2D eigenvalue weighted by atomic mass is 79.9. The average Bonchev–Trinajstić information content (AvgIpc) is 2.74. The summed E-state index contributed by atoms with van der Waals surface area (Å²) in [5.41, 5.74) is 0.448. The minimum absolute atomic E-state index is 0.380. The zero-order chi connectivity index (χ0) is 13.0. The van der Waals surface area contributed by atoms with Crippen LogP contribution in [0.2, 0.25) is 0 Å². The second kappa shape index (κ2) is 4.36. The molecule has 1 N–H and O–H groups in total. The summed E-state index contributed by atoms with van der Waals surface area (Å²) >= 11 is 3.65. The molecule has 19 heavy (non-hydrogen) atoms. The minimum atomic E-state index is 0.380. The van der Waals surface area contributed by atoms with Crippen LogP contribution < -0.4 is 5.32 Å². The lowest BCUT2D eigenvalue weighted by molar-refractivity contribution is -0.0772. The van der Waals surface area contributed by atoms with Crippen LogP contribution in [0.25, 0.3) is 0 Å². The van der Waals surface area contributed by atoms with Crippen LogP contribution >= 0.6 is 15.9 Å². The third-order valence-corrected chi connectivity index (χ3v) is 6.55. The van der Waals surface area contributed by atoms with Crippen molar-refractivity contribution in [2.45, 2.75) is 44.6 Å². The molecule has 4 fully saturated rings. The van der Waals surface area contributed by atoms with Crippen LogP contribution in [0.4, 0.5) is 0 Å². The lowest BCUT2D eigenvalue weighted by atomic mass is 9.47. The quantitative estimate of drug-likeness (QED) is 0.884. The van der Waals surface area contributed by atoms with Gasteiger partial charge in [0.05, 0.1) is 16.8 Å². The molecule has 3 heteroatoms. The molecule has 0 radical (unpaired) electrons. The van der Waals surface area contributed by atoms with E-state index in [1.165, 1.54) is 38.5 Å². The number of nitrogens with one attached hydrogen (secondary N) is 1. The first-order chi connectivity index (χ1) is 9.20. The van der Waals surface area contributed by atoms with E-state index in [0.717, 1.165) is 28.0 Å². The molecule has 0 saturated heterocycles. The van der Waals surface area contributed by atoms with Crippen molar-refractivity contribution in [3.63, 3.8) is 0 Å². The Morgan fingerprint density at radius 3 is 2.21 bits per heavy atom. The van der Waals surface area contributed by atoms with Crippen molar-refractivity contribution in [1.82, 2.24) is 5.32 Å². The van der Waals surface area contributed by atoms with E-state index in [1.54, 1.807) is 0 Å². The Morgan fingerprint density at radius 1 is 1.21 bits per heavy atom. The van der Waals surface area contributed by atoms with E-state index in [-0.39, 0.29) is 0 Å². The van der Waals surface area contributed by atoms with Crippen molar-refractivity contribution in [1.29, 1.82) is 0 Å². The first-order valence-corrected chi connectivity index (χ1v) is 8.39. The zero-order valence-corrected chi connectivity index (χ0v) is 13.1. The van der Waals surface area contributed by atoms with E-state index in [9.17, 15) is 0 Å². The number of hydrogen-bond donors (Lipinski definition) is 1. The maximum atomic E-state index is 5.80. The molecule has 4 aliphatic carbocycles. The molecule has 0 aliphatic heterocycles. The van der Waals surface area contributed by atoms with Gasteiger partial charge < -0.3 is 9.73 Å². The molecular weight excluding hydrogens is 302 g/mol. The van der Waals surface area contributed by atoms with Crippen LogP contribution in [0.3, 0.4) is 0 Å². The van der Waals surface area contributed by atoms with Crippen molar-refractivity contribution in [2.75, 3.05) is 7.05 Å². The maximum Gasteiger partial charge on any atom is 0.135 e. The third-order valence-electron chi connectivity index (χ3n) is 5.89. The van der Waals surface area contributed by atoms with Crippen molar-refractivity contribution in [2.24, 2.45) is 23.2 Å². The second-order valence-corrected chi connectivity index (χ2v) is 7.99. The summed E-state index contributed by atoms with van der Waals surface area (Å²) in [6.07, 6.45) is 10.5. The maximum absolute atomic E-state index is 5.80. The molecule has 4 saturated carbocycles. The monoisotopic (exact) mass is 323 g/mol. The van der Waals surface area contributed by atoms with Gasteiger partial charge in [0, 0.05) is 0 Å². The normalized spacial score (nSPS) is 41.7. The molecule has 1 aromatic heterocycles. The van der Waals surface area contributed by atoms with E-state index in [4.69, 9.17) is 4.42 Å². The van der Waals surface area contributed by atoms with Gasteiger partial charge in [0.25, 0.3) is 0 Å². The standard InChI is InChI=1S/C16H22BrNO/c1-18-15(14-13(17)2-3-19-14)16-7-10-4-11(8-16)6-12(5-10)9-16/h2-3,10-12,15,18H,4-9H2,1H3. The predicted molar refractivity (Wildman–Crippen MR) is 78.8 cm³/mol. The van der Waals surface area contributed by atoms with Crippen LogP contribution in [-0.2, 0) is 0 Å². The molecule has 0 spiro atoms. The number of rotatable bonds is 3. The Bertz CT molecular complexity index is 446. The third kappa shape index (κ3) is 1.84. The molecule has 1 atom stereocenters. The summed E-state index contributed by atoms with van der Waals surface area (Å²) in [5, 5.41) is 3.58. The number of furan rings is 1. The van der Waals surface area contributed by atoms with Gasteiger partial charge in [-0.05, 0) is 90.7 Å². The molecular formula is C16H22BrNO. The fraction of sp³-hybridized carbons (Fsp3) is 0.750. The SMILES string of the molecule is CNC(c1occc1Br)C12CC3CC(CC(C3)C1)C2. The largest absolute Gasteiger partial charge is 0.466 e. The topological polar surface area (TPSA) is 25.2 Å². The Labute approximate surface area is 123 Å². The zero-order valence-electron chi connectivity index (χ0n) is 11.5. The van der Waals surface area contributed by atoms with E-state index in [0.29, 0.717) is 11.5 Å². The van der Waals surface area contributed by atoms with Gasteiger partial charge in [0.1, 0.15) is 5.76 Å². The molecule has 1 aromatic rings. The fourth-order valence-corrected chi connectivity index (χ4v) is 6.19. The van der Waals surface area contributed by atoms with E-state index in [2.05, 4.69) is 28.3 Å². The minimum Gasteiger partial charge on any atom is -0.466 e. The van der Waals surface area contributed by atoms with Gasteiger partial charge in [-0.25, -0.2) is 0 Å². The summed E-state index contributed by atoms with van der Waals surface area (Å²) in [5.74, 6) is 4.06. The molecule has 1 unspecified atom stereocenters. The molecule has 4 bridgehead atoms. The highest BCUT2D eigenvalue weighted by molar-refractivity contribution is 9.10. The van der Waals surface area contributed by atoms with Crippen molar-refractivity contribution in [3.8, 4) is 0 Å². The van der Waals surface area contributed by atoms with Crippen LogP contribution in [0.15, 0.2) is 21.2 Å². The van der Waals surface area contributed by atoms with Crippen molar-refractivity contribution >= 4 is 15.9 Å². The summed E-state index contributed by atoms with van der Waals surface area (Å²) in [6, 6.07) is 2.41. The number of hydrogen-bond acceptors (Lipinski definition) is 2. The highest BCUT2D eigenvalue weighted by Gasteiger charge is 2.55. The summed E-state index contributed by atoms with van der Waals surface area (Å²) in [4.78, 5) is 0. The fourth-order valence-electron chi connectivity index (χ4n) is 5.76. The summed E-state index contributed by atoms with van der Waals surface area (Å²) in [7, 11) is 2.10. The van der Waals surface area contributed by atoms with Gasteiger partial charge in [-0.15, -0.1) is 0 Å². The average molecular weight is 324 g/mol. The molecule has 1 heterocycles. The Kier molecular flexibility index (Phi) is 2.86. The first kappa shape index (κ1) is 12.5. The molecule has 4 aliphatic rings. The summed E-state index contributed by atoms with van der Waals surface area (Å²) < 4.78 is 6.92. The second-order valence-electron chi connectivity index (χ2n) is 7.13. The Hall–Kier alpha value is -0.280. The van der Waals surface area contributed by atoms with Crippen LogP contribution in [-0.4, -0.2) is 7.05 Å². The van der Waals surface area contributed by atoms with Gasteiger partial charge in [0.15, 0.2) is 0 Å². The first-order valence-electron chi connectivity index (χ1n) is 7.60. The Balaban J connectivity index is 1.72. The van der Waals surface area contributed by atoms with Gasteiger partial charge >= 0.3 is 0 Å². The van der Waals surface area contributed by atoms with Gasteiger partial charge in [0.2, 0.25) is 0 Å². The van der Waals surface area contributed by atoms with Crippen molar-refractivity contribution in [3.05, 3.63) is 22.6 Å². The van der Waals surface area contributed by atoms with Crippen LogP contribution in [0.5, 0.6) is 0 Å². The van der Waals surface area contributed by atoms with E-state index < -0.39 is 0 Å². The van der Waals surface area contributed by atoms with Crippen molar-refractivity contribution < 1.29 is 4.42 Å². The van der Waals surface area contributed by atoms with Crippen LogP contribution in [0, 0.1) is 23.2 Å². The van der Waals surface area contributed by atoms with E-state index >= 15 is 0 Å². The lowest BCUT2D eigenvalue weighted by Crippen LogP contribution is -2.51.